The minimum Gasteiger partial charge on any atom is -0.0617 e. The number of hydrogen-bond acceptors (Lipinski definition) is 0. The van der Waals surface area contributed by atoms with Gasteiger partial charge in [0, 0.05) is 0 Å². The third-order valence-corrected chi connectivity index (χ3v) is 5.68. The zero-order chi connectivity index (χ0) is 8.89. The average molecular weight is 178 g/mol. The lowest BCUT2D eigenvalue weighted by molar-refractivity contribution is 0.0444. The van der Waals surface area contributed by atoms with Crippen LogP contribution in [-0.2, 0) is 0 Å². The summed E-state index contributed by atoms with van der Waals surface area (Å²) in [6.45, 7) is 2.56. The first-order valence-electron chi connectivity index (χ1n) is 6.33. The molecular formula is C13H22. The second-order valence-electron chi connectivity index (χ2n) is 5.85. The quantitative estimate of drug-likeness (QED) is 0.526. The molecule has 3 atom stereocenters. The van der Waals surface area contributed by atoms with Gasteiger partial charge >= 0.3 is 0 Å². The maximum Gasteiger partial charge on any atom is -0.0241 e. The fourth-order valence-corrected chi connectivity index (χ4v) is 4.91. The SMILES string of the molecule is C[C@H]1[C@H]2CC[C@H](C2)C12CCCCC2. The molecule has 0 aromatic heterocycles. The van der Waals surface area contributed by atoms with E-state index in [1.165, 1.54) is 19.3 Å². The van der Waals surface area contributed by atoms with Crippen molar-refractivity contribution in [3.63, 3.8) is 0 Å². The highest BCUT2D eigenvalue weighted by Crippen LogP contribution is 2.64. The van der Waals surface area contributed by atoms with Crippen LogP contribution < -0.4 is 0 Å². The van der Waals surface area contributed by atoms with Crippen LogP contribution >= 0.6 is 0 Å². The summed E-state index contributed by atoms with van der Waals surface area (Å²) in [7, 11) is 0. The van der Waals surface area contributed by atoms with Gasteiger partial charge < -0.3 is 0 Å². The van der Waals surface area contributed by atoms with Crippen molar-refractivity contribution in [2.45, 2.75) is 58.3 Å². The Balaban J connectivity index is 1.88. The molecule has 0 aliphatic heterocycles. The topological polar surface area (TPSA) is 0 Å². The van der Waals surface area contributed by atoms with Crippen molar-refractivity contribution in [3.05, 3.63) is 0 Å². The summed E-state index contributed by atoms with van der Waals surface area (Å²) >= 11 is 0. The van der Waals surface area contributed by atoms with Gasteiger partial charge in [-0.15, -0.1) is 0 Å². The van der Waals surface area contributed by atoms with E-state index in [9.17, 15) is 0 Å². The second-order valence-corrected chi connectivity index (χ2v) is 5.85. The Hall–Kier alpha value is 0. The molecule has 0 N–H and O–H groups in total. The molecule has 13 heavy (non-hydrogen) atoms. The van der Waals surface area contributed by atoms with Crippen LogP contribution in [0.4, 0.5) is 0 Å². The maximum absolute atomic E-state index is 2.56. The smallest absolute Gasteiger partial charge is 0.0241 e. The number of fused-ring (bicyclic) bond motifs is 3. The fraction of sp³-hybridized carbons (Fsp3) is 1.00. The summed E-state index contributed by atoms with van der Waals surface area (Å²) in [5.41, 5.74) is 0.848. The Morgan fingerprint density at radius 1 is 1.00 bits per heavy atom. The molecule has 0 nitrogen and oxygen atoms in total. The van der Waals surface area contributed by atoms with E-state index in [0.29, 0.717) is 0 Å². The Bertz CT molecular complexity index is 196. The predicted octanol–water partition coefficient (Wildman–Crippen LogP) is 4.00. The van der Waals surface area contributed by atoms with Crippen molar-refractivity contribution in [2.75, 3.05) is 0 Å². The van der Waals surface area contributed by atoms with Crippen LogP contribution in [0.5, 0.6) is 0 Å². The number of rotatable bonds is 0. The highest BCUT2D eigenvalue weighted by molar-refractivity contribution is 5.05. The summed E-state index contributed by atoms with van der Waals surface area (Å²) < 4.78 is 0. The summed E-state index contributed by atoms with van der Waals surface area (Å²) in [4.78, 5) is 0. The van der Waals surface area contributed by atoms with Gasteiger partial charge in [-0.2, -0.15) is 0 Å². The van der Waals surface area contributed by atoms with Crippen molar-refractivity contribution in [2.24, 2.45) is 23.2 Å². The van der Waals surface area contributed by atoms with Gasteiger partial charge in [0.2, 0.25) is 0 Å². The van der Waals surface area contributed by atoms with E-state index in [1.54, 1.807) is 32.1 Å². The van der Waals surface area contributed by atoms with Crippen LogP contribution in [0.3, 0.4) is 0 Å². The van der Waals surface area contributed by atoms with Crippen LogP contribution in [0.25, 0.3) is 0 Å². The van der Waals surface area contributed by atoms with Crippen molar-refractivity contribution >= 4 is 0 Å². The predicted molar refractivity (Wildman–Crippen MR) is 55.5 cm³/mol. The standard InChI is InChI=1S/C13H22/c1-10-11-5-6-12(9-11)13(10)7-3-2-4-8-13/h10-12H,2-9H2,1H3/t10-,11-,12+/m0/s1. The molecule has 0 unspecified atom stereocenters. The molecule has 0 radical (unpaired) electrons. The van der Waals surface area contributed by atoms with Crippen LogP contribution in [0.1, 0.15) is 58.3 Å². The minimum absolute atomic E-state index is 0.848. The molecule has 0 heterocycles. The molecule has 0 heteroatoms. The molecule has 0 aromatic carbocycles. The lowest BCUT2D eigenvalue weighted by atomic mass is 9.60. The molecule has 3 aliphatic rings. The summed E-state index contributed by atoms with van der Waals surface area (Å²) in [6, 6.07) is 0. The molecule has 0 aromatic rings. The molecule has 0 saturated heterocycles. The molecule has 3 saturated carbocycles. The van der Waals surface area contributed by atoms with Crippen LogP contribution in [-0.4, -0.2) is 0 Å². The zero-order valence-corrected chi connectivity index (χ0v) is 8.89. The van der Waals surface area contributed by atoms with Gasteiger partial charge in [-0.25, -0.2) is 0 Å². The van der Waals surface area contributed by atoms with Crippen molar-refractivity contribution in [3.8, 4) is 0 Å². The fourth-order valence-electron chi connectivity index (χ4n) is 4.91. The van der Waals surface area contributed by atoms with Gasteiger partial charge in [0.1, 0.15) is 0 Å². The Morgan fingerprint density at radius 3 is 2.38 bits per heavy atom. The largest absolute Gasteiger partial charge is 0.0617 e. The monoisotopic (exact) mass is 178 g/mol. The van der Waals surface area contributed by atoms with E-state index < -0.39 is 0 Å². The molecular weight excluding hydrogens is 156 g/mol. The normalized spacial score (nSPS) is 47.3. The summed E-state index contributed by atoms with van der Waals surface area (Å²) in [6.07, 6.45) is 12.5. The summed E-state index contributed by atoms with van der Waals surface area (Å²) in [5.74, 6) is 3.35. The van der Waals surface area contributed by atoms with Crippen molar-refractivity contribution < 1.29 is 0 Å². The molecule has 3 aliphatic carbocycles. The zero-order valence-electron chi connectivity index (χ0n) is 8.89. The van der Waals surface area contributed by atoms with E-state index in [1.807, 2.05) is 0 Å². The first kappa shape index (κ1) is 8.32. The molecule has 0 amide bonds. The van der Waals surface area contributed by atoms with E-state index in [4.69, 9.17) is 0 Å². The van der Waals surface area contributed by atoms with Gasteiger partial charge in [-0.05, 0) is 55.3 Å². The van der Waals surface area contributed by atoms with Crippen LogP contribution in [0.15, 0.2) is 0 Å². The van der Waals surface area contributed by atoms with Gasteiger partial charge in [0.15, 0.2) is 0 Å². The van der Waals surface area contributed by atoms with Gasteiger partial charge in [0.05, 0.1) is 0 Å². The van der Waals surface area contributed by atoms with Crippen molar-refractivity contribution in [1.29, 1.82) is 0 Å². The van der Waals surface area contributed by atoms with E-state index >= 15 is 0 Å². The van der Waals surface area contributed by atoms with Gasteiger partial charge in [0.25, 0.3) is 0 Å². The average Bonchev–Trinajstić information content (AvgIpc) is 2.73. The third kappa shape index (κ3) is 0.980. The Labute approximate surface area is 82.1 Å². The number of hydrogen-bond donors (Lipinski definition) is 0. The highest BCUT2D eigenvalue weighted by atomic mass is 14.6. The van der Waals surface area contributed by atoms with Gasteiger partial charge in [-0.1, -0.05) is 26.2 Å². The molecule has 74 valence electrons. The van der Waals surface area contributed by atoms with Crippen LogP contribution in [0.2, 0.25) is 0 Å². The molecule has 2 bridgehead atoms. The first-order chi connectivity index (χ1) is 6.33. The van der Waals surface area contributed by atoms with Crippen LogP contribution in [0, 0.1) is 23.2 Å². The van der Waals surface area contributed by atoms with Gasteiger partial charge in [-0.3, -0.25) is 0 Å². The lowest BCUT2D eigenvalue weighted by Crippen LogP contribution is -2.36. The lowest BCUT2D eigenvalue weighted by Gasteiger charge is -2.45. The van der Waals surface area contributed by atoms with Crippen molar-refractivity contribution in [1.82, 2.24) is 0 Å². The summed E-state index contributed by atoms with van der Waals surface area (Å²) in [5, 5.41) is 0. The first-order valence-corrected chi connectivity index (χ1v) is 6.33. The second kappa shape index (κ2) is 2.74. The Morgan fingerprint density at radius 2 is 1.77 bits per heavy atom. The molecule has 1 spiro atoms. The molecule has 3 fully saturated rings. The highest BCUT2D eigenvalue weighted by Gasteiger charge is 2.55. The van der Waals surface area contributed by atoms with E-state index in [-0.39, 0.29) is 0 Å². The van der Waals surface area contributed by atoms with E-state index in [2.05, 4.69) is 6.92 Å². The molecule has 3 rings (SSSR count). The third-order valence-electron chi connectivity index (χ3n) is 5.68. The Kier molecular flexibility index (Phi) is 1.76. The van der Waals surface area contributed by atoms with E-state index in [0.717, 1.165) is 23.2 Å². The maximum atomic E-state index is 2.56. The minimum atomic E-state index is 0.848.